The van der Waals surface area contributed by atoms with Crippen molar-refractivity contribution in [3.05, 3.63) is 29.3 Å². The Hall–Kier alpha value is -2.57. The zero-order valence-electron chi connectivity index (χ0n) is 14.5. The van der Waals surface area contributed by atoms with Crippen molar-refractivity contribution in [2.24, 2.45) is 0 Å². The first-order valence-corrected chi connectivity index (χ1v) is 7.67. The summed E-state index contributed by atoms with van der Waals surface area (Å²) in [4.78, 5) is 37.7. The summed E-state index contributed by atoms with van der Waals surface area (Å²) in [5.74, 6) is -1.14. The molecule has 1 aromatic carbocycles. The molecule has 0 radical (unpaired) electrons. The van der Waals surface area contributed by atoms with Gasteiger partial charge in [0.1, 0.15) is 16.8 Å². The van der Waals surface area contributed by atoms with E-state index in [0.717, 1.165) is 10.5 Å². The number of ether oxygens (including phenoxy) is 1. The van der Waals surface area contributed by atoms with Crippen LogP contribution in [0.25, 0.3) is 0 Å². The molecule has 130 valence electrons. The molecule has 0 spiro atoms. The van der Waals surface area contributed by atoms with E-state index in [-0.39, 0.29) is 0 Å². The lowest BCUT2D eigenvalue weighted by Gasteiger charge is -2.31. The Balaban J connectivity index is 2.55. The van der Waals surface area contributed by atoms with Crippen LogP contribution in [0.15, 0.2) is 18.2 Å². The average Bonchev–Trinajstić information content (AvgIpc) is 2.78. The molecular formula is C17H22N2O5. The van der Waals surface area contributed by atoms with Crippen LogP contribution in [0.1, 0.15) is 38.3 Å². The molecular weight excluding hydrogens is 312 g/mol. The van der Waals surface area contributed by atoms with E-state index >= 15 is 0 Å². The van der Waals surface area contributed by atoms with Gasteiger partial charge in [-0.15, -0.1) is 0 Å². The molecule has 1 heterocycles. The van der Waals surface area contributed by atoms with Gasteiger partial charge in [-0.1, -0.05) is 13.0 Å². The number of aliphatic carboxylic acids is 1. The van der Waals surface area contributed by atoms with Gasteiger partial charge in [0.2, 0.25) is 0 Å². The lowest BCUT2D eigenvalue weighted by atomic mass is 9.85. The number of carbonyl (C=O) groups is 3. The highest BCUT2D eigenvalue weighted by Gasteiger charge is 2.57. The summed E-state index contributed by atoms with van der Waals surface area (Å²) in [7, 11) is 1.55. The molecule has 2 rings (SSSR count). The first-order chi connectivity index (χ1) is 11.1. The highest BCUT2D eigenvalue weighted by Crippen LogP contribution is 2.37. The Morgan fingerprint density at radius 1 is 1.38 bits per heavy atom. The molecule has 1 aromatic rings. The lowest BCUT2D eigenvalue weighted by Crippen LogP contribution is -2.54. The largest absolute Gasteiger partial charge is 0.496 e. The second kappa shape index (κ2) is 5.81. The first-order valence-electron chi connectivity index (χ1n) is 7.67. The van der Waals surface area contributed by atoms with Crippen molar-refractivity contribution >= 4 is 17.9 Å². The fraction of sp³-hybridized carbons (Fsp3) is 0.471. The fourth-order valence-electron chi connectivity index (χ4n) is 2.96. The predicted molar refractivity (Wildman–Crippen MR) is 86.8 cm³/mol. The van der Waals surface area contributed by atoms with Gasteiger partial charge in [-0.25, -0.2) is 14.5 Å². The molecule has 1 unspecified atom stereocenters. The van der Waals surface area contributed by atoms with E-state index in [0.29, 0.717) is 17.7 Å². The molecule has 0 aliphatic carbocycles. The third-order valence-electron chi connectivity index (χ3n) is 4.59. The van der Waals surface area contributed by atoms with E-state index in [2.05, 4.69) is 5.32 Å². The molecule has 7 nitrogen and oxygen atoms in total. The molecule has 0 saturated carbocycles. The van der Waals surface area contributed by atoms with Crippen molar-refractivity contribution in [3.63, 3.8) is 0 Å². The van der Waals surface area contributed by atoms with Crippen molar-refractivity contribution in [1.82, 2.24) is 10.2 Å². The maximum Gasteiger partial charge on any atom is 0.329 e. The van der Waals surface area contributed by atoms with Crippen LogP contribution in [0.5, 0.6) is 5.75 Å². The van der Waals surface area contributed by atoms with Crippen LogP contribution in [-0.4, -0.2) is 40.6 Å². The zero-order chi connectivity index (χ0) is 18.3. The molecule has 0 bridgehead atoms. The topological polar surface area (TPSA) is 95.9 Å². The zero-order valence-corrected chi connectivity index (χ0v) is 14.5. The Labute approximate surface area is 140 Å². The molecule has 1 fully saturated rings. The van der Waals surface area contributed by atoms with Crippen LogP contribution < -0.4 is 10.1 Å². The molecule has 1 aliphatic heterocycles. The summed E-state index contributed by atoms with van der Waals surface area (Å²) in [5, 5.41) is 12.1. The van der Waals surface area contributed by atoms with Crippen molar-refractivity contribution in [3.8, 4) is 5.75 Å². The molecule has 2 N–H and O–H groups in total. The van der Waals surface area contributed by atoms with Crippen LogP contribution in [0.3, 0.4) is 0 Å². The second-order valence-corrected chi connectivity index (χ2v) is 6.38. The monoisotopic (exact) mass is 334 g/mol. The second-order valence-electron chi connectivity index (χ2n) is 6.38. The number of carboxylic acids is 1. The summed E-state index contributed by atoms with van der Waals surface area (Å²) < 4.78 is 5.22. The number of urea groups is 1. The number of imide groups is 1. The number of methoxy groups -OCH3 is 1. The van der Waals surface area contributed by atoms with Gasteiger partial charge in [-0.3, -0.25) is 4.79 Å². The number of aryl methyl sites for hydroxylation is 1. The minimum Gasteiger partial charge on any atom is -0.496 e. The van der Waals surface area contributed by atoms with E-state index in [1.54, 1.807) is 32.2 Å². The molecule has 0 aromatic heterocycles. The van der Waals surface area contributed by atoms with Crippen LogP contribution in [0.2, 0.25) is 0 Å². The summed E-state index contributed by atoms with van der Waals surface area (Å²) in [6.45, 7) is 6.27. The van der Waals surface area contributed by atoms with Crippen molar-refractivity contribution < 1.29 is 24.2 Å². The van der Waals surface area contributed by atoms with Crippen LogP contribution >= 0.6 is 0 Å². The molecule has 3 amide bonds. The number of carbonyl (C=O) groups excluding carboxylic acids is 2. The number of hydrogen-bond acceptors (Lipinski definition) is 4. The van der Waals surface area contributed by atoms with Crippen molar-refractivity contribution in [1.29, 1.82) is 0 Å². The number of rotatable bonds is 5. The lowest BCUT2D eigenvalue weighted by molar-refractivity contribution is -0.153. The molecule has 1 saturated heterocycles. The standard InChI is InChI=1S/C17H22N2O5/c1-6-17(11-7-8-12(24-5)10(2)9-11)13(20)19(15(23)18-17)16(3,4)14(21)22/h7-9H,6H2,1-5H3,(H,18,23)(H,21,22). The number of benzene rings is 1. The van der Waals surface area contributed by atoms with E-state index in [1.807, 2.05) is 6.92 Å². The smallest absolute Gasteiger partial charge is 0.329 e. The summed E-state index contributed by atoms with van der Waals surface area (Å²) in [5.41, 5.74) is -1.49. The number of nitrogens with zero attached hydrogens (tertiary/aromatic N) is 1. The van der Waals surface area contributed by atoms with Crippen LogP contribution in [0.4, 0.5) is 4.79 Å². The Morgan fingerprint density at radius 3 is 2.46 bits per heavy atom. The maximum absolute atomic E-state index is 13.0. The van der Waals surface area contributed by atoms with Gasteiger partial charge in [0, 0.05) is 0 Å². The van der Waals surface area contributed by atoms with E-state index in [9.17, 15) is 19.5 Å². The van der Waals surface area contributed by atoms with Crippen LogP contribution in [0, 0.1) is 6.92 Å². The Morgan fingerprint density at radius 2 is 2.00 bits per heavy atom. The average molecular weight is 334 g/mol. The first kappa shape index (κ1) is 17.8. The molecule has 24 heavy (non-hydrogen) atoms. The van der Waals surface area contributed by atoms with Gasteiger partial charge in [0.25, 0.3) is 5.91 Å². The van der Waals surface area contributed by atoms with Gasteiger partial charge in [0.05, 0.1) is 7.11 Å². The number of nitrogens with one attached hydrogen (secondary N) is 1. The van der Waals surface area contributed by atoms with Gasteiger partial charge in [0.15, 0.2) is 0 Å². The van der Waals surface area contributed by atoms with E-state index in [4.69, 9.17) is 4.74 Å². The van der Waals surface area contributed by atoms with Gasteiger partial charge in [-0.2, -0.15) is 0 Å². The summed E-state index contributed by atoms with van der Waals surface area (Å²) >= 11 is 0. The van der Waals surface area contributed by atoms with Gasteiger partial charge >= 0.3 is 12.0 Å². The van der Waals surface area contributed by atoms with Gasteiger partial charge in [-0.05, 0) is 50.5 Å². The SMILES string of the molecule is CCC1(c2ccc(OC)c(C)c2)NC(=O)N(C(C)(C)C(=O)O)C1=O. The third-order valence-corrected chi connectivity index (χ3v) is 4.59. The minimum absolute atomic E-state index is 0.301. The highest BCUT2D eigenvalue weighted by atomic mass is 16.5. The molecule has 1 aliphatic rings. The number of amides is 3. The molecule has 1 atom stereocenters. The highest BCUT2D eigenvalue weighted by molar-refractivity contribution is 6.10. The van der Waals surface area contributed by atoms with Crippen LogP contribution in [-0.2, 0) is 15.1 Å². The quantitative estimate of drug-likeness (QED) is 0.803. The Kier molecular flexibility index (Phi) is 4.31. The fourth-order valence-corrected chi connectivity index (χ4v) is 2.96. The maximum atomic E-state index is 13.0. The normalized spacial score (nSPS) is 21.0. The minimum atomic E-state index is -1.64. The number of carboxylic acid groups (broad SMARTS) is 1. The summed E-state index contributed by atoms with van der Waals surface area (Å²) in [6.07, 6.45) is 0.301. The predicted octanol–water partition coefficient (Wildman–Crippen LogP) is 2.02. The van der Waals surface area contributed by atoms with Gasteiger partial charge < -0.3 is 15.2 Å². The molecule has 7 heteroatoms. The number of hydrogen-bond donors (Lipinski definition) is 2. The Bertz CT molecular complexity index is 713. The van der Waals surface area contributed by atoms with E-state index in [1.165, 1.54) is 13.8 Å². The summed E-state index contributed by atoms with van der Waals surface area (Å²) in [6, 6.07) is 4.51. The third kappa shape index (κ3) is 2.40. The van der Waals surface area contributed by atoms with Crippen molar-refractivity contribution in [2.75, 3.05) is 7.11 Å². The van der Waals surface area contributed by atoms with E-state index < -0.39 is 29.0 Å². The van der Waals surface area contributed by atoms with Crippen molar-refractivity contribution in [2.45, 2.75) is 45.2 Å².